The minimum atomic E-state index is -0.977. The molecule has 0 aliphatic rings. The number of halogens is 2. The van der Waals surface area contributed by atoms with Crippen molar-refractivity contribution >= 4 is 33.5 Å². The first-order valence-corrected chi connectivity index (χ1v) is 6.93. The molecule has 0 unspecified atom stereocenters. The van der Waals surface area contributed by atoms with E-state index in [2.05, 4.69) is 31.5 Å². The van der Waals surface area contributed by atoms with Crippen molar-refractivity contribution in [3.8, 4) is 11.4 Å². The zero-order valence-corrected chi connectivity index (χ0v) is 13.2. The topological polar surface area (TPSA) is 80.9 Å². The first-order chi connectivity index (χ1) is 9.31. The van der Waals surface area contributed by atoms with Gasteiger partial charge in [0.2, 0.25) is 0 Å². The van der Waals surface area contributed by atoms with Gasteiger partial charge in [-0.2, -0.15) is 0 Å². The molecule has 0 aliphatic carbocycles. The van der Waals surface area contributed by atoms with Crippen molar-refractivity contribution in [2.45, 2.75) is 20.4 Å². The average molecular weight is 360 g/mol. The van der Waals surface area contributed by atoms with E-state index in [9.17, 15) is 9.90 Å². The van der Waals surface area contributed by atoms with E-state index in [-0.39, 0.29) is 6.54 Å². The Morgan fingerprint density at radius 3 is 2.85 bits per heavy atom. The van der Waals surface area contributed by atoms with Crippen LogP contribution >= 0.6 is 27.5 Å². The van der Waals surface area contributed by atoms with Gasteiger partial charge in [0.05, 0.1) is 12.0 Å². The Hall–Kier alpha value is -1.47. The second-order valence-electron chi connectivity index (χ2n) is 4.97. The van der Waals surface area contributed by atoms with Crippen LogP contribution in [0.2, 0.25) is 5.02 Å². The van der Waals surface area contributed by atoms with Crippen LogP contribution in [0.25, 0.3) is 11.4 Å². The number of benzene rings is 1. The number of nitrogens with zero attached hydrogens (tertiary/aromatic N) is 4. The lowest BCUT2D eigenvalue weighted by Gasteiger charge is -2.19. The van der Waals surface area contributed by atoms with Gasteiger partial charge in [-0.15, -0.1) is 5.10 Å². The summed E-state index contributed by atoms with van der Waals surface area (Å²) in [5.41, 5.74) is -0.265. The Labute approximate surface area is 128 Å². The molecule has 0 aliphatic heterocycles. The maximum atomic E-state index is 11.2. The quantitative estimate of drug-likeness (QED) is 0.908. The number of rotatable bonds is 4. The number of tetrazole rings is 1. The summed E-state index contributed by atoms with van der Waals surface area (Å²) < 4.78 is 2.25. The molecule has 0 saturated heterocycles. The molecule has 0 radical (unpaired) electrons. The minimum Gasteiger partial charge on any atom is -0.481 e. The van der Waals surface area contributed by atoms with Gasteiger partial charge in [-0.1, -0.05) is 27.5 Å². The van der Waals surface area contributed by atoms with Gasteiger partial charge in [-0.25, -0.2) is 4.68 Å². The number of carboxylic acids is 1. The summed E-state index contributed by atoms with van der Waals surface area (Å²) in [5.74, 6) is -0.446. The Balaban J connectivity index is 2.43. The fourth-order valence-corrected chi connectivity index (χ4v) is 2.21. The molecule has 0 spiro atoms. The zero-order chi connectivity index (χ0) is 14.9. The van der Waals surface area contributed by atoms with E-state index in [1.807, 2.05) is 0 Å². The van der Waals surface area contributed by atoms with Crippen molar-refractivity contribution in [3.63, 3.8) is 0 Å². The predicted octanol–water partition coefficient (Wildman–Crippen LogP) is 2.87. The summed E-state index contributed by atoms with van der Waals surface area (Å²) in [5, 5.41) is 21.2. The molecule has 1 aromatic carbocycles. The van der Waals surface area contributed by atoms with Gasteiger partial charge in [0.15, 0.2) is 5.82 Å². The number of aromatic nitrogens is 4. The molecular formula is C12H12BrClN4O2. The third-order valence-corrected chi connectivity index (χ3v) is 3.75. The molecule has 0 saturated carbocycles. The maximum absolute atomic E-state index is 11.2. The van der Waals surface area contributed by atoms with Gasteiger partial charge < -0.3 is 5.11 Å². The molecule has 2 aromatic rings. The van der Waals surface area contributed by atoms with Crippen molar-refractivity contribution < 1.29 is 9.90 Å². The summed E-state index contributed by atoms with van der Waals surface area (Å²) in [6, 6.07) is 5.26. The smallest absolute Gasteiger partial charge is 0.310 e. The van der Waals surface area contributed by atoms with Gasteiger partial charge in [-0.3, -0.25) is 4.79 Å². The molecule has 2 rings (SSSR count). The average Bonchev–Trinajstić information content (AvgIpc) is 2.79. The van der Waals surface area contributed by atoms with Crippen LogP contribution in [0, 0.1) is 5.41 Å². The van der Waals surface area contributed by atoms with E-state index < -0.39 is 11.4 Å². The van der Waals surface area contributed by atoms with Crippen LogP contribution in [0.1, 0.15) is 13.8 Å². The molecular weight excluding hydrogens is 348 g/mol. The number of hydrogen-bond donors (Lipinski definition) is 1. The first kappa shape index (κ1) is 14.9. The SMILES string of the molecule is CC(C)(Cn1nnnc1-c1cc(Cl)ccc1Br)C(=O)O. The van der Waals surface area contributed by atoms with Gasteiger partial charge >= 0.3 is 5.97 Å². The molecule has 0 amide bonds. The second-order valence-corrected chi connectivity index (χ2v) is 6.26. The Morgan fingerprint density at radius 2 is 2.20 bits per heavy atom. The minimum absolute atomic E-state index is 0.156. The highest BCUT2D eigenvalue weighted by molar-refractivity contribution is 9.10. The number of carboxylic acid groups (broad SMARTS) is 1. The summed E-state index contributed by atoms with van der Waals surface area (Å²) >= 11 is 9.39. The van der Waals surface area contributed by atoms with E-state index in [4.69, 9.17) is 11.6 Å². The first-order valence-electron chi connectivity index (χ1n) is 5.76. The molecule has 1 N–H and O–H groups in total. The highest BCUT2D eigenvalue weighted by atomic mass is 79.9. The van der Waals surface area contributed by atoms with E-state index >= 15 is 0 Å². The molecule has 6 nitrogen and oxygen atoms in total. The molecule has 8 heteroatoms. The summed E-state index contributed by atoms with van der Waals surface area (Å²) in [7, 11) is 0. The monoisotopic (exact) mass is 358 g/mol. The molecule has 1 aromatic heterocycles. The second kappa shape index (κ2) is 5.49. The van der Waals surface area contributed by atoms with Gasteiger partial charge in [0.25, 0.3) is 0 Å². The predicted molar refractivity (Wildman–Crippen MR) is 77.4 cm³/mol. The lowest BCUT2D eigenvalue weighted by molar-refractivity contribution is -0.147. The lowest BCUT2D eigenvalue weighted by atomic mass is 9.94. The Kier molecular flexibility index (Phi) is 4.10. The van der Waals surface area contributed by atoms with Crippen LogP contribution in [-0.4, -0.2) is 31.3 Å². The number of hydrogen-bond acceptors (Lipinski definition) is 4. The van der Waals surface area contributed by atoms with Crippen LogP contribution in [0.15, 0.2) is 22.7 Å². The Bertz CT molecular complexity index is 657. The molecule has 106 valence electrons. The molecule has 0 bridgehead atoms. The van der Waals surface area contributed by atoms with Crippen molar-refractivity contribution in [2.24, 2.45) is 5.41 Å². The van der Waals surface area contributed by atoms with E-state index in [0.717, 1.165) is 4.47 Å². The normalized spacial score (nSPS) is 11.6. The zero-order valence-electron chi connectivity index (χ0n) is 10.8. The molecule has 0 fully saturated rings. The summed E-state index contributed by atoms with van der Waals surface area (Å²) in [6.45, 7) is 3.39. The summed E-state index contributed by atoms with van der Waals surface area (Å²) in [4.78, 5) is 11.2. The third-order valence-electron chi connectivity index (χ3n) is 2.83. The van der Waals surface area contributed by atoms with Crippen LogP contribution in [-0.2, 0) is 11.3 Å². The van der Waals surface area contributed by atoms with Crippen LogP contribution in [0.3, 0.4) is 0 Å². The number of aliphatic carboxylic acids is 1. The highest BCUT2D eigenvalue weighted by Crippen LogP contribution is 2.30. The van der Waals surface area contributed by atoms with E-state index in [1.165, 1.54) is 4.68 Å². The van der Waals surface area contributed by atoms with Crippen molar-refractivity contribution in [3.05, 3.63) is 27.7 Å². The van der Waals surface area contributed by atoms with Crippen molar-refractivity contribution in [1.29, 1.82) is 0 Å². The van der Waals surface area contributed by atoms with Crippen LogP contribution in [0.4, 0.5) is 0 Å². The van der Waals surface area contributed by atoms with Crippen LogP contribution in [0.5, 0.6) is 0 Å². The largest absolute Gasteiger partial charge is 0.481 e. The highest BCUT2D eigenvalue weighted by Gasteiger charge is 2.30. The number of carbonyl (C=O) groups is 1. The van der Waals surface area contributed by atoms with Gasteiger partial charge in [0.1, 0.15) is 0 Å². The fraction of sp³-hybridized carbons (Fsp3) is 0.333. The summed E-state index contributed by atoms with van der Waals surface area (Å²) in [6.07, 6.45) is 0. The lowest BCUT2D eigenvalue weighted by Crippen LogP contribution is -2.30. The van der Waals surface area contributed by atoms with Gasteiger partial charge in [-0.05, 0) is 42.5 Å². The van der Waals surface area contributed by atoms with Crippen LogP contribution < -0.4 is 0 Å². The van der Waals surface area contributed by atoms with Gasteiger partial charge in [0, 0.05) is 15.1 Å². The fourth-order valence-electron chi connectivity index (χ4n) is 1.61. The molecule has 20 heavy (non-hydrogen) atoms. The molecule has 1 heterocycles. The van der Waals surface area contributed by atoms with Crippen molar-refractivity contribution in [2.75, 3.05) is 0 Å². The standard InChI is InChI=1S/C12H12BrClN4O2/c1-12(2,11(19)20)6-18-10(15-16-17-18)8-5-7(14)3-4-9(8)13/h3-5H,6H2,1-2H3,(H,19,20). The van der Waals surface area contributed by atoms with Crippen molar-refractivity contribution in [1.82, 2.24) is 20.2 Å². The molecule has 0 atom stereocenters. The Morgan fingerprint density at radius 1 is 1.50 bits per heavy atom. The third kappa shape index (κ3) is 2.99. The van der Waals surface area contributed by atoms with E-state index in [1.54, 1.807) is 32.0 Å². The van der Waals surface area contributed by atoms with E-state index in [0.29, 0.717) is 16.4 Å². The maximum Gasteiger partial charge on any atom is 0.310 e.